The molecule has 1 aliphatic rings. The molecule has 0 spiro atoms. The van der Waals surface area contributed by atoms with Crippen molar-refractivity contribution >= 4 is 5.91 Å². The zero-order valence-corrected chi connectivity index (χ0v) is 15.5. The van der Waals surface area contributed by atoms with E-state index in [1.807, 2.05) is 6.92 Å². The molecule has 0 aliphatic carbocycles. The molecule has 144 valence electrons. The quantitative estimate of drug-likeness (QED) is 0.885. The number of benzene rings is 2. The van der Waals surface area contributed by atoms with Crippen LogP contribution in [0.25, 0.3) is 11.1 Å². The third-order valence-corrected chi connectivity index (χ3v) is 5.18. The van der Waals surface area contributed by atoms with E-state index in [9.17, 15) is 13.6 Å². The van der Waals surface area contributed by atoms with E-state index < -0.39 is 11.6 Å². The Balaban J connectivity index is 1.83. The van der Waals surface area contributed by atoms with Crippen molar-refractivity contribution in [3.8, 4) is 16.9 Å². The highest BCUT2D eigenvalue weighted by Gasteiger charge is 2.28. The molecule has 1 heterocycles. The van der Waals surface area contributed by atoms with Gasteiger partial charge in [0.05, 0.1) is 12.7 Å². The molecule has 6 heteroatoms. The molecule has 0 radical (unpaired) electrons. The lowest BCUT2D eigenvalue weighted by Gasteiger charge is -2.34. The van der Waals surface area contributed by atoms with Crippen LogP contribution in [0, 0.1) is 17.6 Å². The Morgan fingerprint density at radius 1 is 1.22 bits per heavy atom. The fourth-order valence-corrected chi connectivity index (χ4v) is 3.51. The summed E-state index contributed by atoms with van der Waals surface area (Å²) in [7, 11) is 1.45. The van der Waals surface area contributed by atoms with Crippen LogP contribution in [0.1, 0.15) is 30.1 Å². The van der Waals surface area contributed by atoms with Crippen molar-refractivity contribution < 1.29 is 18.3 Å². The summed E-state index contributed by atoms with van der Waals surface area (Å²) in [5, 5.41) is 0. The molecule has 2 aromatic rings. The Bertz CT molecular complexity index is 839. The number of ether oxygens (including phenoxy) is 1. The zero-order chi connectivity index (χ0) is 19.6. The van der Waals surface area contributed by atoms with E-state index in [4.69, 9.17) is 10.5 Å². The Morgan fingerprint density at radius 3 is 2.63 bits per heavy atom. The highest BCUT2D eigenvalue weighted by molar-refractivity contribution is 5.95. The van der Waals surface area contributed by atoms with Crippen LogP contribution in [0.3, 0.4) is 0 Å². The number of methoxy groups -OCH3 is 1. The van der Waals surface area contributed by atoms with Gasteiger partial charge in [0.1, 0.15) is 17.4 Å². The minimum atomic E-state index is -0.657. The molecule has 0 aromatic heterocycles. The molecule has 2 N–H and O–H groups in total. The number of carbonyl (C=O) groups is 1. The summed E-state index contributed by atoms with van der Waals surface area (Å²) in [6.45, 7) is 3.05. The Kier molecular flexibility index (Phi) is 5.75. The molecule has 2 unspecified atom stereocenters. The lowest BCUT2D eigenvalue weighted by Crippen LogP contribution is -2.45. The average molecular weight is 374 g/mol. The topological polar surface area (TPSA) is 55.6 Å². The molecule has 1 amide bonds. The summed E-state index contributed by atoms with van der Waals surface area (Å²) in [6, 6.07) is 8.56. The molecule has 0 bridgehead atoms. The van der Waals surface area contributed by atoms with Gasteiger partial charge in [0.2, 0.25) is 0 Å². The van der Waals surface area contributed by atoms with Gasteiger partial charge in [0.15, 0.2) is 0 Å². The number of hydrogen-bond acceptors (Lipinski definition) is 3. The van der Waals surface area contributed by atoms with E-state index in [0.29, 0.717) is 24.4 Å². The minimum Gasteiger partial charge on any atom is -0.497 e. The summed E-state index contributed by atoms with van der Waals surface area (Å²) in [6.07, 6.45) is 1.83. The maximum Gasteiger partial charge on any atom is 0.256 e. The van der Waals surface area contributed by atoms with E-state index in [2.05, 4.69) is 0 Å². The van der Waals surface area contributed by atoms with Gasteiger partial charge in [-0.25, -0.2) is 8.78 Å². The van der Waals surface area contributed by atoms with Crippen molar-refractivity contribution in [3.05, 3.63) is 53.6 Å². The SMILES string of the molecule is COc1ccc(-c2ccc(C(=O)N3CCCC(C(C)N)C3)c(F)c2)c(F)c1. The second-order valence-corrected chi connectivity index (χ2v) is 7.05. The highest BCUT2D eigenvalue weighted by atomic mass is 19.1. The maximum absolute atomic E-state index is 14.7. The van der Waals surface area contributed by atoms with E-state index in [1.54, 1.807) is 17.0 Å². The first-order valence-electron chi connectivity index (χ1n) is 9.09. The van der Waals surface area contributed by atoms with Gasteiger partial charge < -0.3 is 15.4 Å². The summed E-state index contributed by atoms with van der Waals surface area (Å²) in [5.74, 6) is -0.908. The Morgan fingerprint density at radius 2 is 2.00 bits per heavy atom. The first kappa shape index (κ1) is 19.3. The van der Waals surface area contributed by atoms with Crippen LogP contribution in [0.4, 0.5) is 8.78 Å². The molecule has 2 atom stereocenters. The number of halogens is 2. The first-order chi connectivity index (χ1) is 12.9. The van der Waals surface area contributed by atoms with E-state index in [0.717, 1.165) is 12.8 Å². The van der Waals surface area contributed by atoms with Crippen LogP contribution in [0.2, 0.25) is 0 Å². The maximum atomic E-state index is 14.7. The molecule has 0 saturated carbocycles. The van der Waals surface area contributed by atoms with Gasteiger partial charge in [-0.1, -0.05) is 6.07 Å². The Labute approximate surface area is 157 Å². The lowest BCUT2D eigenvalue weighted by molar-refractivity contribution is 0.0656. The lowest BCUT2D eigenvalue weighted by atomic mass is 9.91. The van der Waals surface area contributed by atoms with Crippen LogP contribution in [-0.2, 0) is 0 Å². The number of nitrogens with zero attached hydrogens (tertiary/aromatic N) is 1. The van der Waals surface area contributed by atoms with Gasteiger partial charge in [-0.15, -0.1) is 0 Å². The third-order valence-electron chi connectivity index (χ3n) is 5.18. The molecule has 1 aliphatic heterocycles. The molecule has 3 rings (SSSR count). The summed E-state index contributed by atoms with van der Waals surface area (Å²) in [5.41, 5.74) is 6.58. The van der Waals surface area contributed by atoms with Gasteiger partial charge in [-0.3, -0.25) is 4.79 Å². The fourth-order valence-electron chi connectivity index (χ4n) is 3.51. The standard InChI is InChI=1S/C21H24F2N2O2/c1-13(24)15-4-3-9-25(12-15)21(26)18-7-5-14(10-19(18)22)17-8-6-16(27-2)11-20(17)23/h5-8,10-11,13,15H,3-4,9,12,24H2,1-2H3. The molecular weight excluding hydrogens is 350 g/mol. The van der Waals surface area contributed by atoms with Crippen LogP contribution in [-0.4, -0.2) is 37.0 Å². The predicted octanol–water partition coefficient (Wildman–Crippen LogP) is 3.84. The zero-order valence-electron chi connectivity index (χ0n) is 15.5. The van der Waals surface area contributed by atoms with E-state index in [-0.39, 0.29) is 29.0 Å². The van der Waals surface area contributed by atoms with E-state index >= 15 is 0 Å². The number of amides is 1. The average Bonchev–Trinajstić information content (AvgIpc) is 2.67. The van der Waals surface area contributed by atoms with Gasteiger partial charge in [0, 0.05) is 30.8 Å². The normalized spacial score (nSPS) is 18.3. The van der Waals surface area contributed by atoms with Crippen molar-refractivity contribution in [2.45, 2.75) is 25.8 Å². The molecule has 2 aromatic carbocycles. The summed E-state index contributed by atoms with van der Waals surface area (Å²) >= 11 is 0. The van der Waals surface area contributed by atoms with Gasteiger partial charge in [-0.05, 0) is 55.5 Å². The number of hydrogen-bond donors (Lipinski definition) is 1. The number of nitrogens with two attached hydrogens (primary N) is 1. The van der Waals surface area contributed by atoms with E-state index in [1.165, 1.54) is 31.4 Å². The smallest absolute Gasteiger partial charge is 0.256 e. The largest absolute Gasteiger partial charge is 0.497 e. The second-order valence-electron chi connectivity index (χ2n) is 7.05. The van der Waals surface area contributed by atoms with Gasteiger partial charge >= 0.3 is 0 Å². The number of likely N-dealkylation sites (tertiary alicyclic amines) is 1. The van der Waals surface area contributed by atoms with Crippen molar-refractivity contribution in [1.82, 2.24) is 4.90 Å². The highest BCUT2D eigenvalue weighted by Crippen LogP contribution is 2.28. The molecule has 4 nitrogen and oxygen atoms in total. The monoisotopic (exact) mass is 374 g/mol. The molecular formula is C21H24F2N2O2. The fraction of sp³-hybridized carbons (Fsp3) is 0.381. The van der Waals surface area contributed by atoms with Gasteiger partial charge in [-0.2, -0.15) is 0 Å². The minimum absolute atomic E-state index is 0.00186. The van der Waals surface area contributed by atoms with Crippen LogP contribution >= 0.6 is 0 Å². The third kappa shape index (κ3) is 4.11. The van der Waals surface area contributed by atoms with Crippen LogP contribution < -0.4 is 10.5 Å². The number of carbonyl (C=O) groups excluding carboxylic acids is 1. The molecule has 1 saturated heterocycles. The second kappa shape index (κ2) is 8.05. The van der Waals surface area contributed by atoms with Crippen molar-refractivity contribution in [2.75, 3.05) is 20.2 Å². The van der Waals surface area contributed by atoms with Crippen LogP contribution in [0.15, 0.2) is 36.4 Å². The van der Waals surface area contributed by atoms with Crippen LogP contribution in [0.5, 0.6) is 5.75 Å². The Hall–Kier alpha value is -2.47. The number of piperidine rings is 1. The van der Waals surface area contributed by atoms with Crippen molar-refractivity contribution in [1.29, 1.82) is 0 Å². The number of rotatable bonds is 4. The summed E-state index contributed by atoms with van der Waals surface area (Å²) in [4.78, 5) is 14.4. The van der Waals surface area contributed by atoms with Crippen molar-refractivity contribution in [2.24, 2.45) is 11.7 Å². The van der Waals surface area contributed by atoms with Gasteiger partial charge in [0.25, 0.3) is 5.91 Å². The summed E-state index contributed by atoms with van der Waals surface area (Å²) < 4.78 is 33.9. The predicted molar refractivity (Wildman–Crippen MR) is 101 cm³/mol. The van der Waals surface area contributed by atoms with Crippen molar-refractivity contribution in [3.63, 3.8) is 0 Å². The first-order valence-corrected chi connectivity index (χ1v) is 9.09. The molecule has 1 fully saturated rings. The molecule has 27 heavy (non-hydrogen) atoms.